The van der Waals surface area contributed by atoms with Gasteiger partial charge in [0.1, 0.15) is 5.75 Å². The quantitative estimate of drug-likeness (QED) is 0.789. The average Bonchev–Trinajstić information content (AvgIpc) is 3.02. The van der Waals surface area contributed by atoms with Crippen LogP contribution in [0.25, 0.3) is 0 Å². The zero-order chi connectivity index (χ0) is 11.1. The number of hydrogen-bond donors (Lipinski definition) is 2. The summed E-state index contributed by atoms with van der Waals surface area (Å²) in [7, 11) is 0. The Labute approximate surface area is 93.8 Å². The van der Waals surface area contributed by atoms with Crippen molar-refractivity contribution in [3.8, 4) is 5.75 Å². The minimum atomic E-state index is 0.0856. The van der Waals surface area contributed by atoms with E-state index in [2.05, 4.69) is 5.43 Å². The summed E-state index contributed by atoms with van der Waals surface area (Å²) >= 11 is 0. The van der Waals surface area contributed by atoms with Crippen LogP contribution < -0.4 is 10.4 Å². The molecule has 0 spiro atoms. The lowest BCUT2D eigenvalue weighted by atomic mass is 10.1. The molecule has 1 aromatic rings. The van der Waals surface area contributed by atoms with Crippen LogP contribution in [0.2, 0.25) is 0 Å². The van der Waals surface area contributed by atoms with Crippen molar-refractivity contribution in [2.45, 2.75) is 25.3 Å². The maximum absolute atomic E-state index is 11.8. The number of hydrogen-bond acceptors (Lipinski definition) is 3. The maximum atomic E-state index is 11.8. The molecule has 2 aliphatic rings. The molecule has 4 nitrogen and oxygen atoms in total. The summed E-state index contributed by atoms with van der Waals surface area (Å²) in [4.78, 5) is 11.8. The predicted octanol–water partition coefficient (Wildman–Crippen LogP) is 1.41. The van der Waals surface area contributed by atoms with Gasteiger partial charge in [0.15, 0.2) is 0 Å². The molecule has 1 atom stereocenters. The van der Waals surface area contributed by atoms with E-state index in [4.69, 9.17) is 0 Å². The van der Waals surface area contributed by atoms with Gasteiger partial charge in [-0.15, -0.1) is 0 Å². The van der Waals surface area contributed by atoms with Crippen molar-refractivity contribution in [1.29, 1.82) is 0 Å². The SMILES string of the molecule is O=C1CC(C2CC2)NN1c1cccc(O)c1. The summed E-state index contributed by atoms with van der Waals surface area (Å²) in [5.41, 5.74) is 3.93. The molecule has 1 heterocycles. The van der Waals surface area contributed by atoms with E-state index in [0.29, 0.717) is 18.0 Å². The summed E-state index contributed by atoms with van der Waals surface area (Å²) in [6.07, 6.45) is 3.01. The van der Waals surface area contributed by atoms with E-state index in [9.17, 15) is 9.90 Å². The Morgan fingerprint density at radius 1 is 1.38 bits per heavy atom. The third-order valence-electron chi connectivity index (χ3n) is 3.22. The Morgan fingerprint density at radius 3 is 2.88 bits per heavy atom. The number of aromatic hydroxyl groups is 1. The number of carbonyl (C=O) groups excluding carboxylic acids is 1. The van der Waals surface area contributed by atoms with Gasteiger partial charge in [0.25, 0.3) is 0 Å². The minimum Gasteiger partial charge on any atom is -0.508 e. The molecule has 1 aliphatic heterocycles. The van der Waals surface area contributed by atoms with Crippen molar-refractivity contribution in [1.82, 2.24) is 5.43 Å². The number of hydrazine groups is 1. The molecule has 0 radical (unpaired) electrons. The topological polar surface area (TPSA) is 52.6 Å². The highest BCUT2D eigenvalue weighted by Crippen LogP contribution is 2.37. The van der Waals surface area contributed by atoms with Crippen LogP contribution in [0.15, 0.2) is 24.3 Å². The Morgan fingerprint density at radius 2 is 2.19 bits per heavy atom. The van der Waals surface area contributed by atoms with Gasteiger partial charge in [0, 0.05) is 18.5 Å². The summed E-state index contributed by atoms with van der Waals surface area (Å²) in [6.45, 7) is 0. The number of nitrogens with zero attached hydrogens (tertiary/aromatic N) is 1. The number of carbonyl (C=O) groups is 1. The number of amides is 1. The summed E-state index contributed by atoms with van der Waals surface area (Å²) < 4.78 is 0. The lowest BCUT2D eigenvalue weighted by molar-refractivity contribution is -0.117. The van der Waals surface area contributed by atoms with E-state index in [1.807, 2.05) is 6.07 Å². The van der Waals surface area contributed by atoms with Crippen molar-refractivity contribution in [2.75, 3.05) is 5.01 Å². The molecule has 1 unspecified atom stereocenters. The molecule has 4 heteroatoms. The van der Waals surface area contributed by atoms with Gasteiger partial charge in [-0.1, -0.05) is 6.07 Å². The van der Waals surface area contributed by atoms with Crippen LogP contribution in [0.5, 0.6) is 5.75 Å². The molecular weight excluding hydrogens is 204 g/mol. The number of anilines is 1. The fourth-order valence-electron chi connectivity index (χ4n) is 2.18. The van der Waals surface area contributed by atoms with Crippen LogP contribution in [0.1, 0.15) is 19.3 Å². The average molecular weight is 218 g/mol. The van der Waals surface area contributed by atoms with E-state index >= 15 is 0 Å². The minimum absolute atomic E-state index is 0.0856. The number of rotatable bonds is 2. The second-order valence-electron chi connectivity index (χ2n) is 4.53. The first kappa shape index (κ1) is 9.66. The van der Waals surface area contributed by atoms with Gasteiger partial charge < -0.3 is 5.11 Å². The molecule has 1 saturated heterocycles. The number of benzene rings is 1. The highest BCUT2D eigenvalue weighted by atomic mass is 16.3. The number of phenolic OH excluding ortho intramolecular Hbond substituents is 1. The zero-order valence-corrected chi connectivity index (χ0v) is 8.89. The second kappa shape index (κ2) is 3.49. The van der Waals surface area contributed by atoms with Crippen LogP contribution >= 0.6 is 0 Å². The lowest BCUT2D eigenvalue weighted by Gasteiger charge is -2.17. The van der Waals surface area contributed by atoms with Gasteiger partial charge in [-0.25, -0.2) is 10.4 Å². The van der Waals surface area contributed by atoms with Gasteiger partial charge in [0.05, 0.1) is 5.69 Å². The van der Waals surface area contributed by atoms with Crippen molar-refractivity contribution >= 4 is 11.6 Å². The fraction of sp³-hybridized carbons (Fsp3) is 0.417. The monoisotopic (exact) mass is 218 g/mol. The normalized spacial score (nSPS) is 25.1. The first-order valence-electron chi connectivity index (χ1n) is 5.62. The van der Waals surface area contributed by atoms with Gasteiger partial charge in [0.2, 0.25) is 5.91 Å². The predicted molar refractivity (Wildman–Crippen MR) is 59.9 cm³/mol. The molecular formula is C12H14N2O2. The van der Waals surface area contributed by atoms with E-state index < -0.39 is 0 Å². The summed E-state index contributed by atoms with van der Waals surface area (Å²) in [5, 5.41) is 10.9. The first-order valence-corrected chi connectivity index (χ1v) is 5.62. The third-order valence-corrected chi connectivity index (χ3v) is 3.22. The molecule has 1 saturated carbocycles. The molecule has 1 amide bonds. The maximum Gasteiger partial charge on any atom is 0.243 e. The molecule has 0 aromatic heterocycles. The van der Waals surface area contributed by atoms with Crippen molar-refractivity contribution in [2.24, 2.45) is 5.92 Å². The van der Waals surface area contributed by atoms with E-state index in [1.54, 1.807) is 23.2 Å². The molecule has 16 heavy (non-hydrogen) atoms. The molecule has 0 bridgehead atoms. The van der Waals surface area contributed by atoms with E-state index in [1.165, 1.54) is 12.8 Å². The van der Waals surface area contributed by atoms with Crippen molar-refractivity contribution in [3.05, 3.63) is 24.3 Å². The van der Waals surface area contributed by atoms with Crippen LogP contribution in [0.4, 0.5) is 5.69 Å². The largest absolute Gasteiger partial charge is 0.508 e. The van der Waals surface area contributed by atoms with Gasteiger partial charge in [-0.05, 0) is 30.9 Å². The Kier molecular flexibility index (Phi) is 2.11. The van der Waals surface area contributed by atoms with Crippen molar-refractivity contribution in [3.63, 3.8) is 0 Å². The number of phenols is 1. The highest BCUT2D eigenvalue weighted by molar-refractivity contribution is 5.95. The summed E-state index contributed by atoms with van der Waals surface area (Å²) in [5.74, 6) is 0.927. The number of nitrogens with one attached hydrogen (secondary N) is 1. The molecule has 1 aliphatic carbocycles. The Bertz CT molecular complexity index is 429. The standard InChI is InChI=1S/C12H14N2O2/c15-10-3-1-2-9(6-10)14-12(16)7-11(13-14)8-4-5-8/h1-3,6,8,11,13,15H,4-5,7H2. The van der Waals surface area contributed by atoms with E-state index in [-0.39, 0.29) is 17.7 Å². The first-order chi connectivity index (χ1) is 7.74. The third kappa shape index (κ3) is 1.65. The summed E-state index contributed by atoms with van der Waals surface area (Å²) in [6, 6.07) is 7.04. The van der Waals surface area contributed by atoms with Crippen LogP contribution in [0.3, 0.4) is 0 Å². The van der Waals surface area contributed by atoms with Crippen LogP contribution in [-0.4, -0.2) is 17.1 Å². The van der Waals surface area contributed by atoms with Gasteiger partial charge in [-0.3, -0.25) is 4.79 Å². The Balaban J connectivity index is 1.81. The van der Waals surface area contributed by atoms with Gasteiger partial charge in [-0.2, -0.15) is 0 Å². The Hall–Kier alpha value is -1.55. The lowest BCUT2D eigenvalue weighted by Crippen LogP contribution is -2.38. The van der Waals surface area contributed by atoms with Gasteiger partial charge >= 0.3 is 0 Å². The zero-order valence-electron chi connectivity index (χ0n) is 8.89. The molecule has 2 N–H and O–H groups in total. The van der Waals surface area contributed by atoms with E-state index in [0.717, 1.165) is 0 Å². The molecule has 1 aromatic carbocycles. The van der Waals surface area contributed by atoms with Crippen LogP contribution in [-0.2, 0) is 4.79 Å². The second-order valence-corrected chi connectivity index (χ2v) is 4.53. The molecule has 2 fully saturated rings. The fourth-order valence-corrected chi connectivity index (χ4v) is 2.18. The van der Waals surface area contributed by atoms with Crippen LogP contribution in [0, 0.1) is 5.92 Å². The smallest absolute Gasteiger partial charge is 0.243 e. The molecule has 84 valence electrons. The molecule has 3 rings (SSSR count). The highest BCUT2D eigenvalue weighted by Gasteiger charge is 2.40. The van der Waals surface area contributed by atoms with Crippen molar-refractivity contribution < 1.29 is 9.90 Å².